The summed E-state index contributed by atoms with van der Waals surface area (Å²) in [5.41, 5.74) is 2.99. The van der Waals surface area contributed by atoms with E-state index in [0.717, 1.165) is 52.8 Å². The fraction of sp³-hybridized carbons (Fsp3) is 0.348. The number of carbonyl (C=O) groups is 2. The Morgan fingerprint density at radius 3 is 2.41 bits per heavy atom. The second-order valence-corrected chi connectivity index (χ2v) is 8.36. The molecule has 29 heavy (non-hydrogen) atoms. The molecule has 3 saturated carbocycles. The maximum atomic E-state index is 12.5. The number of hydrogen-bond acceptors (Lipinski definition) is 5. The molecular weight excluding hydrogens is 364 g/mol. The number of aryl methyl sites for hydroxylation is 1. The van der Waals surface area contributed by atoms with Crippen molar-refractivity contribution >= 4 is 28.3 Å². The fourth-order valence-corrected chi connectivity index (χ4v) is 4.42. The van der Waals surface area contributed by atoms with Gasteiger partial charge in [-0.3, -0.25) is 19.6 Å². The predicted molar refractivity (Wildman–Crippen MR) is 111 cm³/mol. The molecule has 0 atom stereocenters. The molecule has 3 aliphatic carbocycles. The number of ketones is 1. The van der Waals surface area contributed by atoms with Gasteiger partial charge in [-0.25, -0.2) is 4.98 Å². The lowest BCUT2D eigenvalue weighted by Crippen LogP contribution is -2.58. The van der Waals surface area contributed by atoms with Crippen LogP contribution in [0.4, 0.5) is 5.82 Å². The number of Topliss-reactive ketones (excluding diaryl/α,β-unsaturated/α-hetero) is 1. The van der Waals surface area contributed by atoms with Gasteiger partial charge in [0, 0.05) is 41.3 Å². The first-order chi connectivity index (χ1) is 14.0. The van der Waals surface area contributed by atoms with Gasteiger partial charge in [-0.2, -0.15) is 0 Å². The molecule has 1 N–H and O–H groups in total. The maximum absolute atomic E-state index is 12.5. The van der Waals surface area contributed by atoms with E-state index in [0.29, 0.717) is 17.9 Å². The van der Waals surface area contributed by atoms with Gasteiger partial charge in [0.25, 0.3) is 0 Å². The zero-order valence-corrected chi connectivity index (χ0v) is 16.5. The molecule has 6 rings (SSSR count). The summed E-state index contributed by atoms with van der Waals surface area (Å²) in [6.07, 6.45) is 8.75. The number of carbonyl (C=O) groups excluding carboxylic acids is 2. The Kier molecular flexibility index (Phi) is 3.98. The van der Waals surface area contributed by atoms with Crippen molar-refractivity contribution in [2.45, 2.75) is 39.5 Å². The van der Waals surface area contributed by atoms with Crippen LogP contribution in [0.5, 0.6) is 0 Å². The molecule has 0 radical (unpaired) electrons. The molecular formula is C23H22N4O2. The van der Waals surface area contributed by atoms with Crippen LogP contribution in [-0.4, -0.2) is 26.6 Å². The predicted octanol–water partition coefficient (Wildman–Crippen LogP) is 4.33. The number of amides is 1. The van der Waals surface area contributed by atoms with Crippen molar-refractivity contribution < 1.29 is 9.59 Å². The van der Waals surface area contributed by atoms with Crippen molar-refractivity contribution in [3.05, 3.63) is 48.0 Å². The van der Waals surface area contributed by atoms with Gasteiger partial charge >= 0.3 is 0 Å². The van der Waals surface area contributed by atoms with Crippen molar-refractivity contribution in [1.29, 1.82) is 0 Å². The first-order valence-corrected chi connectivity index (χ1v) is 10.0. The van der Waals surface area contributed by atoms with E-state index < -0.39 is 0 Å². The van der Waals surface area contributed by atoms with Crippen LogP contribution in [0.25, 0.3) is 22.0 Å². The largest absolute Gasteiger partial charge is 0.310 e. The Morgan fingerprint density at radius 1 is 1.03 bits per heavy atom. The van der Waals surface area contributed by atoms with Gasteiger partial charge in [-0.1, -0.05) is 6.92 Å². The van der Waals surface area contributed by atoms with Crippen molar-refractivity contribution in [3.8, 4) is 11.3 Å². The highest BCUT2D eigenvalue weighted by atomic mass is 16.2. The molecule has 3 heterocycles. The number of hydrogen-bond donors (Lipinski definition) is 1. The van der Waals surface area contributed by atoms with Crippen LogP contribution < -0.4 is 5.32 Å². The van der Waals surface area contributed by atoms with Gasteiger partial charge in [-0.05, 0) is 55.9 Å². The van der Waals surface area contributed by atoms with E-state index in [4.69, 9.17) is 0 Å². The summed E-state index contributed by atoms with van der Waals surface area (Å²) in [5, 5.41) is 4.83. The molecule has 0 aromatic carbocycles. The average molecular weight is 386 g/mol. The van der Waals surface area contributed by atoms with E-state index >= 15 is 0 Å². The standard InChI is InChI=1S/C23H22N4O2/c1-3-20(28)19-4-13(2)17(12-25-19)18-5-15-11-26-21(6-16(15)10-24-18)27-22(29)23-7-14(8-23)9-23/h4-6,10-12,14H,3,7-9H2,1-2H3,(H,26,27,29). The minimum absolute atomic E-state index is 0.0313. The van der Waals surface area contributed by atoms with Crippen LogP contribution in [0, 0.1) is 18.3 Å². The monoisotopic (exact) mass is 386 g/mol. The van der Waals surface area contributed by atoms with Gasteiger partial charge < -0.3 is 5.32 Å². The summed E-state index contributed by atoms with van der Waals surface area (Å²) in [7, 11) is 0. The molecule has 0 unspecified atom stereocenters. The highest BCUT2D eigenvalue weighted by Gasteiger charge is 2.61. The summed E-state index contributed by atoms with van der Waals surface area (Å²) in [6, 6.07) is 5.64. The Hall–Kier alpha value is -3.15. The lowest BCUT2D eigenvalue weighted by molar-refractivity contribution is -0.158. The van der Waals surface area contributed by atoms with Gasteiger partial charge in [0.2, 0.25) is 5.91 Å². The number of rotatable bonds is 5. The van der Waals surface area contributed by atoms with Crippen LogP contribution in [0.15, 0.2) is 36.8 Å². The molecule has 3 aliphatic rings. The highest BCUT2D eigenvalue weighted by molar-refractivity contribution is 5.98. The average Bonchev–Trinajstić information content (AvgIpc) is 2.64. The molecule has 0 aliphatic heterocycles. The number of anilines is 1. The van der Waals surface area contributed by atoms with E-state index in [2.05, 4.69) is 20.3 Å². The van der Waals surface area contributed by atoms with Crippen LogP contribution >= 0.6 is 0 Å². The molecule has 146 valence electrons. The number of pyridine rings is 3. The molecule has 3 fully saturated rings. The topological polar surface area (TPSA) is 84.8 Å². The van der Waals surface area contributed by atoms with Gasteiger partial charge in [0.15, 0.2) is 5.78 Å². The maximum Gasteiger partial charge on any atom is 0.231 e. The van der Waals surface area contributed by atoms with E-state index in [1.165, 1.54) is 0 Å². The number of fused-ring (bicyclic) bond motifs is 1. The van der Waals surface area contributed by atoms with Crippen molar-refractivity contribution in [1.82, 2.24) is 15.0 Å². The van der Waals surface area contributed by atoms with Crippen molar-refractivity contribution in [2.75, 3.05) is 5.32 Å². The molecule has 3 aromatic heterocycles. The SMILES string of the molecule is CCC(=O)c1cc(C)c(-c2cc3cnc(NC(=O)C45CC(C4)C5)cc3cn2)cn1. The van der Waals surface area contributed by atoms with Gasteiger partial charge in [0.1, 0.15) is 11.5 Å². The minimum Gasteiger partial charge on any atom is -0.310 e. The molecule has 6 nitrogen and oxygen atoms in total. The summed E-state index contributed by atoms with van der Waals surface area (Å²) in [5.74, 6) is 1.46. The number of nitrogens with zero attached hydrogens (tertiary/aromatic N) is 3. The third-order valence-electron chi connectivity index (χ3n) is 6.36. The summed E-state index contributed by atoms with van der Waals surface area (Å²) in [6.45, 7) is 3.79. The first-order valence-electron chi connectivity index (χ1n) is 10.0. The zero-order chi connectivity index (χ0) is 20.2. The lowest BCUT2D eigenvalue weighted by atomic mass is 9.44. The second kappa shape index (κ2) is 6.44. The van der Waals surface area contributed by atoms with E-state index in [1.807, 2.05) is 32.0 Å². The third-order valence-corrected chi connectivity index (χ3v) is 6.36. The van der Waals surface area contributed by atoms with Crippen LogP contribution in [0.2, 0.25) is 0 Å². The van der Waals surface area contributed by atoms with E-state index in [9.17, 15) is 9.59 Å². The quantitative estimate of drug-likeness (QED) is 0.660. The molecule has 3 aromatic rings. The summed E-state index contributed by atoms with van der Waals surface area (Å²) in [4.78, 5) is 37.6. The number of aromatic nitrogens is 3. The first kappa shape index (κ1) is 17.9. The Morgan fingerprint density at radius 2 is 1.76 bits per heavy atom. The van der Waals surface area contributed by atoms with Gasteiger partial charge in [-0.15, -0.1) is 0 Å². The van der Waals surface area contributed by atoms with E-state index in [-0.39, 0.29) is 17.1 Å². The third kappa shape index (κ3) is 2.90. The molecule has 1 amide bonds. The van der Waals surface area contributed by atoms with Crippen molar-refractivity contribution in [3.63, 3.8) is 0 Å². The van der Waals surface area contributed by atoms with Crippen LogP contribution in [0.3, 0.4) is 0 Å². The lowest BCUT2D eigenvalue weighted by Gasteiger charge is -2.59. The van der Waals surface area contributed by atoms with Crippen LogP contribution in [0.1, 0.15) is 48.7 Å². The molecule has 2 bridgehead atoms. The Balaban J connectivity index is 1.40. The normalized spacial score (nSPS) is 21.9. The molecule has 6 heteroatoms. The minimum atomic E-state index is -0.126. The van der Waals surface area contributed by atoms with Crippen LogP contribution in [-0.2, 0) is 4.79 Å². The van der Waals surface area contributed by atoms with E-state index in [1.54, 1.807) is 18.6 Å². The summed E-state index contributed by atoms with van der Waals surface area (Å²) < 4.78 is 0. The molecule has 0 saturated heterocycles. The second-order valence-electron chi connectivity index (χ2n) is 8.36. The number of nitrogens with one attached hydrogen (secondary N) is 1. The van der Waals surface area contributed by atoms with Gasteiger partial charge in [0.05, 0.1) is 11.1 Å². The Bertz CT molecular complexity index is 1150. The summed E-state index contributed by atoms with van der Waals surface area (Å²) >= 11 is 0. The zero-order valence-electron chi connectivity index (χ0n) is 16.5. The Labute approximate surface area is 168 Å². The fourth-order valence-electron chi connectivity index (χ4n) is 4.42. The van der Waals surface area contributed by atoms with Crippen molar-refractivity contribution in [2.24, 2.45) is 11.3 Å². The smallest absolute Gasteiger partial charge is 0.231 e. The molecule has 0 spiro atoms. The highest BCUT2D eigenvalue weighted by Crippen LogP contribution is 2.64.